The lowest BCUT2D eigenvalue weighted by atomic mass is 9.97. The van der Waals surface area contributed by atoms with Crippen LogP contribution in [0.15, 0.2) is 9.59 Å². The second-order valence-corrected chi connectivity index (χ2v) is 6.93. The van der Waals surface area contributed by atoms with Gasteiger partial charge in [-0.05, 0) is 44.3 Å². The van der Waals surface area contributed by atoms with Gasteiger partial charge in [0.15, 0.2) is 0 Å². The lowest BCUT2D eigenvalue weighted by molar-refractivity contribution is 0.287. The first-order valence-corrected chi connectivity index (χ1v) is 8.97. The molecule has 3 rings (SSSR count). The van der Waals surface area contributed by atoms with Gasteiger partial charge < -0.3 is 4.90 Å². The molecule has 0 spiro atoms. The minimum atomic E-state index is -0.275. The first-order chi connectivity index (χ1) is 10.7. The zero-order valence-electron chi connectivity index (χ0n) is 13.3. The summed E-state index contributed by atoms with van der Waals surface area (Å²) in [5.41, 5.74) is 0.803. The molecule has 0 unspecified atom stereocenters. The molecule has 5 nitrogen and oxygen atoms in total. The van der Waals surface area contributed by atoms with Crippen molar-refractivity contribution in [2.45, 2.75) is 46.1 Å². The van der Waals surface area contributed by atoms with Crippen LogP contribution >= 0.6 is 11.3 Å². The third-order valence-electron chi connectivity index (χ3n) is 4.63. The number of aryl methyl sites for hydroxylation is 2. The number of likely N-dealkylation sites (N-methyl/N-ethyl adjacent to an activating group) is 1. The normalized spacial score (nSPS) is 14.7. The number of thiophene rings is 1. The van der Waals surface area contributed by atoms with Gasteiger partial charge >= 0.3 is 5.69 Å². The number of hydrogen-bond donors (Lipinski definition) is 1. The van der Waals surface area contributed by atoms with Crippen molar-refractivity contribution in [2.24, 2.45) is 0 Å². The molecule has 0 fully saturated rings. The molecular weight excluding hydrogens is 298 g/mol. The molecule has 0 atom stereocenters. The SMILES string of the molecule is CCN(CC)CCn1c(=O)[nH]c2sc3c(c2c1=O)CCCC3. The van der Waals surface area contributed by atoms with E-state index in [1.165, 1.54) is 21.4 Å². The van der Waals surface area contributed by atoms with Gasteiger partial charge in [-0.15, -0.1) is 11.3 Å². The van der Waals surface area contributed by atoms with Crippen molar-refractivity contribution in [1.82, 2.24) is 14.5 Å². The second-order valence-electron chi connectivity index (χ2n) is 5.83. The molecule has 0 saturated carbocycles. The molecule has 1 N–H and O–H groups in total. The zero-order valence-corrected chi connectivity index (χ0v) is 14.1. The van der Waals surface area contributed by atoms with Crippen LogP contribution in [0.4, 0.5) is 0 Å². The summed E-state index contributed by atoms with van der Waals surface area (Å²) < 4.78 is 1.38. The Morgan fingerprint density at radius 1 is 1.18 bits per heavy atom. The maximum Gasteiger partial charge on any atom is 0.329 e. The highest BCUT2D eigenvalue weighted by Crippen LogP contribution is 2.32. The average molecular weight is 321 g/mol. The van der Waals surface area contributed by atoms with Crippen molar-refractivity contribution >= 4 is 21.6 Å². The van der Waals surface area contributed by atoms with Crippen molar-refractivity contribution in [2.75, 3.05) is 19.6 Å². The van der Waals surface area contributed by atoms with Crippen LogP contribution in [0, 0.1) is 0 Å². The summed E-state index contributed by atoms with van der Waals surface area (Å²) >= 11 is 1.59. The fourth-order valence-corrected chi connectivity index (χ4v) is 4.53. The standard InChI is InChI=1S/C16H23N3O2S/c1-3-18(4-2)9-10-19-15(20)13-11-7-5-6-8-12(11)22-14(13)17-16(19)21/h3-10H2,1-2H3,(H,17,21). The lowest BCUT2D eigenvalue weighted by Crippen LogP contribution is -2.39. The van der Waals surface area contributed by atoms with E-state index in [1.54, 1.807) is 11.3 Å². The molecule has 0 radical (unpaired) electrons. The van der Waals surface area contributed by atoms with Crippen LogP contribution in [0.1, 0.15) is 37.1 Å². The molecular formula is C16H23N3O2S. The molecule has 0 amide bonds. The average Bonchev–Trinajstić information content (AvgIpc) is 2.88. The van der Waals surface area contributed by atoms with Gasteiger partial charge in [0, 0.05) is 18.0 Å². The summed E-state index contributed by atoms with van der Waals surface area (Å²) in [5, 5.41) is 0.763. The number of rotatable bonds is 5. The predicted octanol–water partition coefficient (Wildman–Crippen LogP) is 1.97. The molecule has 0 aliphatic heterocycles. The summed E-state index contributed by atoms with van der Waals surface area (Å²) in [6.07, 6.45) is 4.32. The Kier molecular flexibility index (Phi) is 4.49. The number of aromatic amines is 1. The van der Waals surface area contributed by atoms with Crippen LogP contribution in [-0.2, 0) is 19.4 Å². The van der Waals surface area contributed by atoms with Crippen LogP contribution in [0.3, 0.4) is 0 Å². The first-order valence-electron chi connectivity index (χ1n) is 8.15. The number of hydrogen-bond acceptors (Lipinski definition) is 4. The molecule has 2 aromatic heterocycles. The lowest BCUT2D eigenvalue weighted by Gasteiger charge is -2.18. The van der Waals surface area contributed by atoms with Crippen molar-refractivity contribution in [3.63, 3.8) is 0 Å². The minimum absolute atomic E-state index is 0.106. The van der Waals surface area contributed by atoms with Gasteiger partial charge in [0.25, 0.3) is 5.56 Å². The van der Waals surface area contributed by atoms with Gasteiger partial charge in [0.2, 0.25) is 0 Å². The maximum atomic E-state index is 12.8. The second kappa shape index (κ2) is 6.38. The fraction of sp³-hybridized carbons (Fsp3) is 0.625. The summed E-state index contributed by atoms with van der Waals surface area (Å²) in [5.74, 6) is 0. The van der Waals surface area contributed by atoms with Crippen molar-refractivity contribution in [3.8, 4) is 0 Å². The Morgan fingerprint density at radius 2 is 1.91 bits per heavy atom. The van der Waals surface area contributed by atoms with Crippen LogP contribution in [0.2, 0.25) is 0 Å². The number of aromatic nitrogens is 2. The highest BCUT2D eigenvalue weighted by molar-refractivity contribution is 7.18. The molecule has 1 aliphatic rings. The highest BCUT2D eigenvalue weighted by Gasteiger charge is 2.20. The topological polar surface area (TPSA) is 58.1 Å². The molecule has 2 heterocycles. The van der Waals surface area contributed by atoms with E-state index in [4.69, 9.17) is 0 Å². The molecule has 22 heavy (non-hydrogen) atoms. The number of H-pyrrole nitrogens is 1. The van der Waals surface area contributed by atoms with Crippen LogP contribution in [0.5, 0.6) is 0 Å². The molecule has 6 heteroatoms. The van der Waals surface area contributed by atoms with E-state index >= 15 is 0 Å². The van der Waals surface area contributed by atoms with Gasteiger partial charge in [-0.2, -0.15) is 0 Å². The van der Waals surface area contributed by atoms with E-state index in [1.807, 2.05) is 0 Å². The highest BCUT2D eigenvalue weighted by atomic mass is 32.1. The van der Waals surface area contributed by atoms with Gasteiger partial charge in [0.1, 0.15) is 4.83 Å². The Bertz CT molecular complexity index is 783. The van der Waals surface area contributed by atoms with E-state index in [0.717, 1.165) is 49.1 Å². The van der Waals surface area contributed by atoms with Crippen molar-refractivity contribution in [1.29, 1.82) is 0 Å². The van der Waals surface area contributed by atoms with Gasteiger partial charge in [-0.3, -0.25) is 14.3 Å². The molecule has 0 bridgehead atoms. The van der Waals surface area contributed by atoms with Gasteiger partial charge in [0.05, 0.1) is 5.39 Å². The van der Waals surface area contributed by atoms with E-state index in [0.29, 0.717) is 6.54 Å². The number of nitrogens with zero attached hydrogens (tertiary/aromatic N) is 2. The van der Waals surface area contributed by atoms with Crippen molar-refractivity contribution < 1.29 is 0 Å². The predicted molar refractivity (Wildman–Crippen MR) is 91.1 cm³/mol. The molecule has 2 aromatic rings. The molecule has 0 saturated heterocycles. The molecule has 0 aromatic carbocycles. The third-order valence-corrected chi connectivity index (χ3v) is 5.84. The van der Waals surface area contributed by atoms with E-state index in [9.17, 15) is 9.59 Å². The number of nitrogens with one attached hydrogen (secondary N) is 1. The van der Waals surface area contributed by atoms with Crippen LogP contribution in [-0.4, -0.2) is 34.1 Å². The Balaban J connectivity index is 2.04. The number of fused-ring (bicyclic) bond motifs is 3. The largest absolute Gasteiger partial charge is 0.329 e. The summed E-state index contributed by atoms with van der Waals surface area (Å²) in [6.45, 7) is 7.23. The molecule has 1 aliphatic carbocycles. The van der Waals surface area contributed by atoms with Gasteiger partial charge in [-0.1, -0.05) is 13.8 Å². The van der Waals surface area contributed by atoms with Crippen LogP contribution in [0.25, 0.3) is 10.2 Å². The first kappa shape index (κ1) is 15.5. The van der Waals surface area contributed by atoms with E-state index < -0.39 is 0 Å². The van der Waals surface area contributed by atoms with E-state index in [2.05, 4.69) is 23.7 Å². The summed E-state index contributed by atoms with van der Waals surface area (Å²) in [6, 6.07) is 0. The summed E-state index contributed by atoms with van der Waals surface area (Å²) in [7, 11) is 0. The monoisotopic (exact) mass is 321 g/mol. The Hall–Kier alpha value is -1.40. The quantitative estimate of drug-likeness (QED) is 0.916. The smallest absolute Gasteiger partial charge is 0.302 e. The Morgan fingerprint density at radius 3 is 2.64 bits per heavy atom. The third kappa shape index (κ3) is 2.65. The van der Waals surface area contributed by atoms with Crippen LogP contribution < -0.4 is 11.2 Å². The van der Waals surface area contributed by atoms with Gasteiger partial charge in [-0.25, -0.2) is 4.79 Å². The minimum Gasteiger partial charge on any atom is -0.302 e. The van der Waals surface area contributed by atoms with Crippen molar-refractivity contribution in [3.05, 3.63) is 31.3 Å². The molecule has 120 valence electrons. The zero-order chi connectivity index (χ0) is 15.7. The Labute approximate surface area is 133 Å². The summed E-state index contributed by atoms with van der Waals surface area (Å²) in [4.78, 5) is 32.3. The van der Waals surface area contributed by atoms with E-state index in [-0.39, 0.29) is 11.2 Å². The maximum absolute atomic E-state index is 12.8. The fourth-order valence-electron chi connectivity index (χ4n) is 3.26.